The zero-order valence-electron chi connectivity index (χ0n) is 19.0. The Kier molecular flexibility index (Phi) is 7.82. The molecule has 1 unspecified atom stereocenters. The highest BCUT2D eigenvalue weighted by Crippen LogP contribution is 2.28. The maximum absolute atomic E-state index is 12.2. The second kappa shape index (κ2) is 11.4. The molecule has 1 atom stereocenters. The van der Waals surface area contributed by atoms with Crippen molar-refractivity contribution in [2.75, 3.05) is 20.3 Å². The van der Waals surface area contributed by atoms with Crippen molar-refractivity contribution in [2.24, 2.45) is 0 Å². The van der Waals surface area contributed by atoms with Gasteiger partial charge in [-0.25, -0.2) is 4.68 Å². The van der Waals surface area contributed by atoms with Crippen molar-refractivity contribution in [3.63, 3.8) is 0 Å². The Bertz CT molecular complexity index is 1110. The molecule has 1 amide bonds. The van der Waals surface area contributed by atoms with Crippen molar-refractivity contribution in [2.45, 2.75) is 38.5 Å². The first-order valence-corrected chi connectivity index (χ1v) is 11.2. The standard InChI is InChI=1S/C24H27N5O5/c1-32-23(30)9-11-26-24(31)20-14-17(7-10-25-20)16-34-18-5-6-19(27-15-18)21-8-12-28-29(21)22-4-2-3-13-33-22/h5-8,10,12,14-15,22H,2-4,9,11,13,16H2,1H3,(H,26,31). The van der Waals surface area contributed by atoms with Crippen LogP contribution in [-0.2, 0) is 20.9 Å². The summed E-state index contributed by atoms with van der Waals surface area (Å²) in [5.74, 6) is -0.151. The van der Waals surface area contributed by atoms with Crippen LogP contribution >= 0.6 is 0 Å². The van der Waals surface area contributed by atoms with Crippen LogP contribution in [0.4, 0.5) is 0 Å². The van der Waals surface area contributed by atoms with E-state index in [9.17, 15) is 9.59 Å². The fraction of sp³-hybridized carbons (Fsp3) is 0.375. The van der Waals surface area contributed by atoms with E-state index in [1.54, 1.807) is 30.7 Å². The van der Waals surface area contributed by atoms with Crippen LogP contribution < -0.4 is 10.1 Å². The SMILES string of the molecule is COC(=O)CCNC(=O)c1cc(COc2ccc(-c3ccnn3C3CCCCO3)nc2)ccn1. The van der Waals surface area contributed by atoms with E-state index in [4.69, 9.17) is 9.47 Å². The van der Waals surface area contributed by atoms with Crippen LogP contribution in [0.3, 0.4) is 0 Å². The van der Waals surface area contributed by atoms with Gasteiger partial charge in [0, 0.05) is 25.5 Å². The summed E-state index contributed by atoms with van der Waals surface area (Å²) < 4.78 is 18.1. The third-order valence-electron chi connectivity index (χ3n) is 5.40. The van der Waals surface area contributed by atoms with Gasteiger partial charge in [0.2, 0.25) is 0 Å². The van der Waals surface area contributed by atoms with Crippen molar-refractivity contribution in [3.05, 3.63) is 60.2 Å². The number of esters is 1. The summed E-state index contributed by atoms with van der Waals surface area (Å²) in [5, 5.41) is 7.07. The predicted molar refractivity (Wildman–Crippen MR) is 122 cm³/mol. The normalized spacial score (nSPS) is 15.5. The first-order valence-electron chi connectivity index (χ1n) is 11.2. The van der Waals surface area contributed by atoms with Crippen LogP contribution in [0.15, 0.2) is 48.9 Å². The summed E-state index contributed by atoms with van der Waals surface area (Å²) in [5.41, 5.74) is 2.71. The lowest BCUT2D eigenvalue weighted by Crippen LogP contribution is -2.27. The maximum atomic E-state index is 12.2. The van der Waals surface area contributed by atoms with Gasteiger partial charge >= 0.3 is 5.97 Å². The van der Waals surface area contributed by atoms with E-state index in [0.29, 0.717) is 5.75 Å². The van der Waals surface area contributed by atoms with E-state index in [-0.39, 0.29) is 43.4 Å². The molecule has 10 heteroatoms. The van der Waals surface area contributed by atoms with Gasteiger partial charge in [0.1, 0.15) is 18.1 Å². The third-order valence-corrected chi connectivity index (χ3v) is 5.40. The van der Waals surface area contributed by atoms with E-state index in [2.05, 4.69) is 25.1 Å². The van der Waals surface area contributed by atoms with Crippen LogP contribution in [-0.4, -0.2) is 51.9 Å². The van der Waals surface area contributed by atoms with Crippen LogP contribution in [0.1, 0.15) is 48.0 Å². The Morgan fingerprint density at radius 2 is 2.09 bits per heavy atom. The molecule has 0 bridgehead atoms. The molecular weight excluding hydrogens is 438 g/mol. The first-order chi connectivity index (χ1) is 16.6. The second-order valence-electron chi connectivity index (χ2n) is 7.78. The Morgan fingerprint density at radius 3 is 2.85 bits per heavy atom. The molecule has 0 spiro atoms. The number of pyridine rings is 2. The zero-order chi connectivity index (χ0) is 23.8. The minimum Gasteiger partial charge on any atom is -0.487 e. The monoisotopic (exact) mass is 465 g/mol. The number of carbonyl (C=O) groups excluding carboxylic acids is 2. The van der Waals surface area contributed by atoms with Crippen LogP contribution in [0.2, 0.25) is 0 Å². The van der Waals surface area contributed by atoms with Crippen molar-refractivity contribution < 1.29 is 23.8 Å². The number of rotatable bonds is 9. The molecule has 1 fully saturated rings. The van der Waals surface area contributed by atoms with Gasteiger partial charge in [0.15, 0.2) is 6.23 Å². The average Bonchev–Trinajstić information content (AvgIpc) is 3.38. The molecule has 0 aromatic carbocycles. The van der Waals surface area contributed by atoms with Gasteiger partial charge in [0.25, 0.3) is 5.91 Å². The largest absolute Gasteiger partial charge is 0.487 e. The Labute approximate surface area is 197 Å². The van der Waals surface area contributed by atoms with E-state index in [0.717, 1.165) is 42.8 Å². The summed E-state index contributed by atoms with van der Waals surface area (Å²) in [4.78, 5) is 32.0. The van der Waals surface area contributed by atoms with Gasteiger partial charge < -0.3 is 19.5 Å². The second-order valence-corrected chi connectivity index (χ2v) is 7.78. The third kappa shape index (κ3) is 5.96. The van der Waals surface area contributed by atoms with Crippen molar-refractivity contribution in [3.8, 4) is 17.1 Å². The number of aromatic nitrogens is 4. The van der Waals surface area contributed by atoms with Crippen LogP contribution in [0, 0.1) is 0 Å². The molecule has 1 aliphatic rings. The molecule has 0 aliphatic carbocycles. The Morgan fingerprint density at radius 1 is 1.18 bits per heavy atom. The molecule has 0 saturated carbocycles. The molecule has 4 rings (SSSR count). The zero-order valence-corrected chi connectivity index (χ0v) is 19.0. The van der Waals surface area contributed by atoms with E-state index in [1.165, 1.54) is 7.11 Å². The van der Waals surface area contributed by atoms with Crippen molar-refractivity contribution >= 4 is 11.9 Å². The van der Waals surface area contributed by atoms with Gasteiger partial charge in [0.05, 0.1) is 31.1 Å². The number of hydrogen-bond acceptors (Lipinski definition) is 8. The smallest absolute Gasteiger partial charge is 0.307 e. The number of nitrogens with zero attached hydrogens (tertiary/aromatic N) is 4. The van der Waals surface area contributed by atoms with Crippen LogP contribution in [0.5, 0.6) is 5.75 Å². The summed E-state index contributed by atoms with van der Waals surface area (Å²) in [6.45, 7) is 1.17. The van der Waals surface area contributed by atoms with Crippen molar-refractivity contribution in [1.82, 2.24) is 25.1 Å². The molecule has 1 saturated heterocycles. The molecule has 3 aromatic rings. The number of carbonyl (C=O) groups is 2. The Hall–Kier alpha value is -3.79. The Balaban J connectivity index is 1.34. The first kappa shape index (κ1) is 23.4. The highest BCUT2D eigenvalue weighted by atomic mass is 16.5. The van der Waals surface area contributed by atoms with Gasteiger partial charge in [-0.15, -0.1) is 0 Å². The van der Waals surface area contributed by atoms with E-state index >= 15 is 0 Å². The minimum absolute atomic E-state index is 0.0602. The highest BCUT2D eigenvalue weighted by molar-refractivity contribution is 5.92. The predicted octanol–water partition coefficient (Wildman–Crippen LogP) is 2.91. The van der Waals surface area contributed by atoms with Gasteiger partial charge in [-0.1, -0.05) is 0 Å². The maximum Gasteiger partial charge on any atom is 0.307 e. The summed E-state index contributed by atoms with van der Waals surface area (Å²) in [6.07, 6.45) is 8.14. The summed E-state index contributed by atoms with van der Waals surface area (Å²) in [6, 6.07) is 9.09. The molecule has 0 radical (unpaired) electrons. The van der Waals surface area contributed by atoms with Crippen molar-refractivity contribution in [1.29, 1.82) is 0 Å². The van der Waals surface area contributed by atoms with Gasteiger partial charge in [-0.05, 0) is 55.2 Å². The highest BCUT2D eigenvalue weighted by Gasteiger charge is 2.20. The molecule has 3 aromatic heterocycles. The molecule has 1 aliphatic heterocycles. The lowest BCUT2D eigenvalue weighted by atomic mass is 10.2. The van der Waals surface area contributed by atoms with E-state index in [1.807, 2.05) is 22.9 Å². The number of methoxy groups -OCH3 is 1. The number of amides is 1. The molecule has 178 valence electrons. The molecule has 1 N–H and O–H groups in total. The average molecular weight is 466 g/mol. The fourth-order valence-electron chi connectivity index (χ4n) is 3.61. The molecule has 34 heavy (non-hydrogen) atoms. The molecular formula is C24H27N5O5. The topological polar surface area (TPSA) is 117 Å². The molecule has 4 heterocycles. The number of nitrogens with one attached hydrogen (secondary N) is 1. The van der Waals surface area contributed by atoms with Gasteiger partial charge in [-0.2, -0.15) is 5.10 Å². The minimum atomic E-state index is -0.387. The summed E-state index contributed by atoms with van der Waals surface area (Å²) >= 11 is 0. The van der Waals surface area contributed by atoms with Gasteiger partial charge in [-0.3, -0.25) is 19.6 Å². The number of ether oxygens (including phenoxy) is 3. The molecule has 10 nitrogen and oxygen atoms in total. The van der Waals surface area contributed by atoms with E-state index < -0.39 is 0 Å². The summed E-state index contributed by atoms with van der Waals surface area (Å²) in [7, 11) is 1.31. The fourth-order valence-corrected chi connectivity index (χ4v) is 3.61. The quantitative estimate of drug-likeness (QED) is 0.480. The lowest BCUT2D eigenvalue weighted by molar-refractivity contribution is -0.140. The lowest BCUT2D eigenvalue weighted by Gasteiger charge is -2.24. The number of hydrogen-bond donors (Lipinski definition) is 1. The van der Waals surface area contributed by atoms with Crippen LogP contribution in [0.25, 0.3) is 11.4 Å².